The van der Waals surface area contributed by atoms with Crippen LogP contribution in [-0.4, -0.2) is 17.7 Å². The Morgan fingerprint density at radius 3 is 1.83 bits per heavy atom. The Kier molecular flexibility index (Phi) is 10.3. The molecule has 0 bridgehead atoms. The SMILES string of the molecule is Br.[Li][CH](C)CC. The molecule has 0 heterocycles. The van der Waals surface area contributed by atoms with Gasteiger partial charge in [0.2, 0.25) is 0 Å². The Morgan fingerprint density at radius 1 is 1.67 bits per heavy atom. The molecule has 0 saturated carbocycles. The van der Waals surface area contributed by atoms with Crippen molar-refractivity contribution >= 4 is 34.7 Å². The molecule has 0 aliphatic rings. The fraction of sp³-hybridized carbons (Fsp3) is 1.00. The normalized spacial score (nSPS) is 12.7. The summed E-state index contributed by atoms with van der Waals surface area (Å²) in [7, 11) is 0. The quantitative estimate of drug-likeness (QED) is 0.494. The maximum absolute atomic E-state index is 2.22. The Labute approximate surface area is 59.7 Å². The first-order valence-electron chi connectivity index (χ1n) is 2.27. The molecule has 1 unspecified atom stereocenters. The zero-order chi connectivity index (χ0) is 4.28. The molecule has 6 heavy (non-hydrogen) atoms. The molecule has 0 nitrogen and oxygen atoms in total. The first kappa shape index (κ1) is 10.1. The van der Waals surface area contributed by atoms with Crippen LogP contribution in [0.15, 0.2) is 0 Å². The van der Waals surface area contributed by atoms with Crippen molar-refractivity contribution in [2.24, 2.45) is 0 Å². The minimum atomic E-state index is 0. The van der Waals surface area contributed by atoms with Crippen LogP contribution < -0.4 is 0 Å². The molecule has 34 valence electrons. The van der Waals surface area contributed by atoms with Gasteiger partial charge in [-0.15, -0.1) is 17.0 Å². The van der Waals surface area contributed by atoms with E-state index in [1.54, 1.807) is 0 Å². The molecule has 0 N–H and O–H groups in total. The summed E-state index contributed by atoms with van der Waals surface area (Å²) in [6.45, 7) is 4.42. The van der Waals surface area contributed by atoms with Crippen molar-refractivity contribution in [3.63, 3.8) is 0 Å². The van der Waals surface area contributed by atoms with Crippen LogP contribution in [-0.2, 0) is 0 Å². The Morgan fingerprint density at radius 2 is 1.83 bits per heavy atom. The summed E-state index contributed by atoms with van der Waals surface area (Å²) in [5, 5.41) is 0. The molecule has 0 aromatic carbocycles. The van der Waals surface area contributed by atoms with Crippen LogP contribution in [0.5, 0.6) is 0 Å². The van der Waals surface area contributed by atoms with Crippen molar-refractivity contribution < 1.29 is 0 Å². The Bertz CT molecular complexity index is 21.5. The van der Waals surface area contributed by atoms with Gasteiger partial charge < -0.3 is 0 Å². The van der Waals surface area contributed by atoms with E-state index in [9.17, 15) is 0 Å². The van der Waals surface area contributed by atoms with E-state index in [1.165, 1.54) is 6.42 Å². The molecule has 0 saturated heterocycles. The number of halogens is 1. The molecule has 0 aliphatic carbocycles. The second kappa shape index (κ2) is 6.08. The van der Waals surface area contributed by atoms with Crippen molar-refractivity contribution in [2.45, 2.75) is 24.9 Å². The van der Waals surface area contributed by atoms with Crippen LogP contribution >= 0.6 is 17.0 Å². The zero-order valence-electron chi connectivity index (χ0n) is 4.69. The summed E-state index contributed by atoms with van der Waals surface area (Å²) in [6.07, 6.45) is 1.31. The van der Waals surface area contributed by atoms with Gasteiger partial charge in [0.1, 0.15) is 0 Å². The molecule has 0 aromatic rings. The summed E-state index contributed by atoms with van der Waals surface area (Å²) in [5.41, 5.74) is 0. The molecule has 0 radical (unpaired) electrons. The standard InChI is InChI=1S/C4H9.BrH.Li/c1-3-4-2;;/h3H,4H2,1-2H3;1H;. The molecular weight excluding hydrogens is 135 g/mol. The second-order valence-corrected chi connectivity index (χ2v) is 1.80. The van der Waals surface area contributed by atoms with Crippen LogP contribution in [0, 0.1) is 0 Å². The third-order valence-electron chi connectivity index (χ3n) is 0.816. The monoisotopic (exact) mass is 144 g/mol. The minimum absolute atomic E-state index is 0. The summed E-state index contributed by atoms with van der Waals surface area (Å²) in [4.78, 5) is 0. The first-order valence-corrected chi connectivity index (χ1v) is 2.27. The van der Waals surface area contributed by atoms with Crippen molar-refractivity contribution in [1.82, 2.24) is 0 Å². The van der Waals surface area contributed by atoms with E-state index in [4.69, 9.17) is 0 Å². The average molecular weight is 145 g/mol. The van der Waals surface area contributed by atoms with E-state index < -0.39 is 0 Å². The van der Waals surface area contributed by atoms with Gasteiger partial charge in [-0.2, -0.15) is 0 Å². The maximum atomic E-state index is 2.22. The van der Waals surface area contributed by atoms with Crippen molar-refractivity contribution in [1.29, 1.82) is 0 Å². The summed E-state index contributed by atoms with van der Waals surface area (Å²) >= 11 is 2.22. The van der Waals surface area contributed by atoms with Crippen LogP contribution in [0.3, 0.4) is 0 Å². The molecule has 1 atom stereocenters. The van der Waals surface area contributed by atoms with Gasteiger partial charge in [0, 0.05) is 0 Å². The van der Waals surface area contributed by atoms with Crippen molar-refractivity contribution in [2.75, 3.05) is 0 Å². The van der Waals surface area contributed by atoms with Gasteiger partial charge in [0.25, 0.3) is 0 Å². The van der Waals surface area contributed by atoms with Crippen LogP contribution in [0.25, 0.3) is 0 Å². The van der Waals surface area contributed by atoms with Crippen molar-refractivity contribution in [3.05, 3.63) is 0 Å². The van der Waals surface area contributed by atoms with E-state index in [2.05, 4.69) is 31.6 Å². The number of hydrogen-bond donors (Lipinski definition) is 0. The van der Waals surface area contributed by atoms with Gasteiger partial charge in [0.05, 0.1) is 0 Å². The molecule has 0 aliphatic heterocycles. The van der Waals surface area contributed by atoms with Gasteiger partial charge in [-0.05, 0) is 0 Å². The number of hydrogen-bond acceptors (Lipinski definition) is 0. The summed E-state index contributed by atoms with van der Waals surface area (Å²) in [5.74, 6) is 0. The second-order valence-electron chi connectivity index (χ2n) is 1.80. The van der Waals surface area contributed by atoms with Gasteiger partial charge in [0.15, 0.2) is 0 Å². The van der Waals surface area contributed by atoms with Crippen LogP contribution in [0.1, 0.15) is 20.3 Å². The predicted octanol–water partition coefficient (Wildman–Crippen LogP) is 1.95. The van der Waals surface area contributed by atoms with E-state index in [0.717, 1.165) is 4.59 Å². The molecule has 0 amide bonds. The summed E-state index contributed by atoms with van der Waals surface area (Å²) < 4.78 is 0.884. The van der Waals surface area contributed by atoms with E-state index in [-0.39, 0.29) is 17.0 Å². The van der Waals surface area contributed by atoms with E-state index in [0.29, 0.717) is 0 Å². The topological polar surface area (TPSA) is 0 Å². The Balaban J connectivity index is 0. The molecule has 0 fully saturated rings. The third-order valence-corrected chi connectivity index (χ3v) is 0.816. The first-order chi connectivity index (χ1) is 2.27. The predicted molar refractivity (Wildman–Crippen MR) is 35.8 cm³/mol. The van der Waals surface area contributed by atoms with Gasteiger partial charge in [-0.3, -0.25) is 0 Å². The fourth-order valence-electron chi connectivity index (χ4n) is 0. The van der Waals surface area contributed by atoms with E-state index in [1.807, 2.05) is 0 Å². The molecular formula is C4H10BrLi. The molecule has 0 rings (SSSR count). The van der Waals surface area contributed by atoms with E-state index >= 15 is 0 Å². The molecule has 2 heteroatoms. The average Bonchev–Trinajstić information content (AvgIpc) is 1.38. The molecule has 0 spiro atoms. The molecule has 0 aromatic heterocycles. The zero-order valence-corrected chi connectivity index (χ0v) is 6.41. The van der Waals surface area contributed by atoms with Gasteiger partial charge in [-0.25, -0.2) is 0 Å². The number of rotatable bonds is 1. The van der Waals surface area contributed by atoms with Crippen LogP contribution in [0.2, 0.25) is 4.59 Å². The van der Waals surface area contributed by atoms with Crippen molar-refractivity contribution in [3.8, 4) is 0 Å². The third kappa shape index (κ3) is 8.91. The summed E-state index contributed by atoms with van der Waals surface area (Å²) in [6, 6.07) is 0. The van der Waals surface area contributed by atoms with Crippen LogP contribution in [0.4, 0.5) is 0 Å². The van der Waals surface area contributed by atoms with Gasteiger partial charge >= 0.3 is 42.6 Å². The van der Waals surface area contributed by atoms with Gasteiger partial charge in [-0.1, -0.05) is 0 Å². The fourth-order valence-corrected chi connectivity index (χ4v) is 0. The Hall–Kier alpha value is 1.08.